The van der Waals surface area contributed by atoms with Gasteiger partial charge in [0.25, 0.3) is 5.91 Å². The van der Waals surface area contributed by atoms with Gasteiger partial charge >= 0.3 is 0 Å². The lowest BCUT2D eigenvalue weighted by Crippen LogP contribution is -2.29. The summed E-state index contributed by atoms with van der Waals surface area (Å²) in [5.74, 6) is 0.149. The van der Waals surface area contributed by atoms with Crippen LogP contribution in [0.25, 0.3) is 0 Å². The van der Waals surface area contributed by atoms with Gasteiger partial charge in [0.2, 0.25) is 10.0 Å². The zero-order chi connectivity index (χ0) is 17.7. The molecule has 5 nitrogen and oxygen atoms in total. The van der Waals surface area contributed by atoms with Crippen molar-refractivity contribution in [2.24, 2.45) is 5.92 Å². The molecule has 1 amide bonds. The van der Waals surface area contributed by atoms with E-state index in [0.29, 0.717) is 11.5 Å². The van der Waals surface area contributed by atoms with E-state index in [4.69, 9.17) is 0 Å². The Labute approximate surface area is 147 Å². The first-order valence-electron chi connectivity index (χ1n) is 7.71. The van der Waals surface area contributed by atoms with Crippen molar-refractivity contribution in [2.75, 3.05) is 7.05 Å². The van der Waals surface area contributed by atoms with Gasteiger partial charge in [0.1, 0.15) is 0 Å². The molecule has 24 heavy (non-hydrogen) atoms. The van der Waals surface area contributed by atoms with Crippen LogP contribution in [0.1, 0.15) is 41.5 Å². The van der Waals surface area contributed by atoms with E-state index in [-0.39, 0.29) is 16.8 Å². The molecule has 7 heteroatoms. The fraction of sp³-hybridized carbons (Fsp3) is 0.353. The second kappa shape index (κ2) is 7.92. The third-order valence-electron chi connectivity index (χ3n) is 3.57. The second-order valence-corrected chi connectivity index (χ2v) is 8.77. The van der Waals surface area contributed by atoms with E-state index in [1.807, 2.05) is 17.5 Å². The number of benzene rings is 1. The number of thiophene rings is 1. The highest BCUT2D eigenvalue weighted by atomic mass is 32.2. The summed E-state index contributed by atoms with van der Waals surface area (Å²) in [6, 6.07) is 9.92. The monoisotopic (exact) mass is 366 g/mol. The van der Waals surface area contributed by atoms with Crippen LogP contribution in [0, 0.1) is 5.92 Å². The molecule has 2 aromatic rings. The molecule has 1 aromatic carbocycles. The first kappa shape index (κ1) is 18.6. The van der Waals surface area contributed by atoms with Gasteiger partial charge in [0.05, 0.1) is 10.9 Å². The van der Waals surface area contributed by atoms with E-state index in [1.54, 1.807) is 23.5 Å². The number of rotatable bonds is 7. The van der Waals surface area contributed by atoms with Crippen LogP contribution in [0.15, 0.2) is 46.7 Å². The molecule has 0 saturated heterocycles. The third-order valence-corrected chi connectivity index (χ3v) is 5.97. The van der Waals surface area contributed by atoms with Gasteiger partial charge in [-0.25, -0.2) is 13.1 Å². The lowest BCUT2D eigenvalue weighted by Gasteiger charge is -2.19. The maximum absolute atomic E-state index is 12.6. The van der Waals surface area contributed by atoms with Crippen molar-refractivity contribution in [1.29, 1.82) is 0 Å². The molecule has 0 spiro atoms. The highest BCUT2D eigenvalue weighted by molar-refractivity contribution is 7.89. The molecule has 0 radical (unpaired) electrons. The molecule has 0 aliphatic rings. The zero-order valence-electron chi connectivity index (χ0n) is 13.9. The predicted octanol–water partition coefficient (Wildman–Crippen LogP) is 3.17. The van der Waals surface area contributed by atoms with Crippen molar-refractivity contribution in [3.63, 3.8) is 0 Å². The summed E-state index contributed by atoms with van der Waals surface area (Å²) in [5, 5.41) is 5.00. The van der Waals surface area contributed by atoms with Crippen LogP contribution in [0.4, 0.5) is 0 Å². The minimum atomic E-state index is -3.57. The molecule has 0 aliphatic carbocycles. The summed E-state index contributed by atoms with van der Waals surface area (Å²) >= 11 is 1.60. The Hall–Kier alpha value is -1.70. The normalized spacial score (nSPS) is 13.0. The first-order chi connectivity index (χ1) is 11.3. The Kier molecular flexibility index (Phi) is 6.15. The molecule has 1 unspecified atom stereocenters. The van der Waals surface area contributed by atoms with Crippen LogP contribution in [0.5, 0.6) is 0 Å². The van der Waals surface area contributed by atoms with Crippen molar-refractivity contribution in [2.45, 2.75) is 31.2 Å². The summed E-state index contributed by atoms with van der Waals surface area (Å²) in [5.41, 5.74) is 0.330. The lowest BCUT2D eigenvalue weighted by molar-refractivity contribution is 0.0932. The van der Waals surface area contributed by atoms with Gasteiger partial charge in [0.15, 0.2) is 0 Å². The highest BCUT2D eigenvalue weighted by Gasteiger charge is 2.19. The van der Waals surface area contributed by atoms with Crippen LogP contribution in [0.2, 0.25) is 0 Å². The van der Waals surface area contributed by atoms with Gasteiger partial charge < -0.3 is 5.32 Å². The fourth-order valence-electron chi connectivity index (χ4n) is 2.37. The Morgan fingerprint density at radius 3 is 2.54 bits per heavy atom. The zero-order valence-corrected chi connectivity index (χ0v) is 15.6. The predicted molar refractivity (Wildman–Crippen MR) is 96.7 cm³/mol. The molecule has 0 fully saturated rings. The minimum absolute atomic E-state index is 0.0779. The molecule has 2 rings (SSSR count). The Morgan fingerprint density at radius 1 is 1.21 bits per heavy atom. The van der Waals surface area contributed by atoms with Crippen molar-refractivity contribution >= 4 is 27.3 Å². The number of hydrogen-bond acceptors (Lipinski definition) is 4. The summed E-state index contributed by atoms with van der Waals surface area (Å²) in [6.45, 7) is 4.21. The largest absolute Gasteiger partial charge is 0.344 e. The number of carbonyl (C=O) groups is 1. The van der Waals surface area contributed by atoms with E-state index in [2.05, 4.69) is 23.9 Å². The van der Waals surface area contributed by atoms with Crippen LogP contribution in [0.3, 0.4) is 0 Å². The molecule has 1 heterocycles. The molecule has 1 atom stereocenters. The van der Waals surface area contributed by atoms with Crippen molar-refractivity contribution < 1.29 is 13.2 Å². The SMILES string of the molecule is CNS(=O)(=O)c1cccc(C(=O)NC(CC(C)C)c2cccs2)c1. The summed E-state index contributed by atoms with van der Waals surface area (Å²) in [7, 11) is -2.23. The minimum Gasteiger partial charge on any atom is -0.344 e. The Balaban J connectivity index is 2.23. The maximum Gasteiger partial charge on any atom is 0.251 e. The summed E-state index contributed by atoms with van der Waals surface area (Å²) < 4.78 is 26.0. The molecule has 130 valence electrons. The second-order valence-electron chi connectivity index (χ2n) is 5.91. The van der Waals surface area contributed by atoms with Crippen molar-refractivity contribution in [3.05, 3.63) is 52.2 Å². The van der Waals surface area contributed by atoms with Gasteiger partial charge in [-0.2, -0.15) is 0 Å². The number of amides is 1. The van der Waals surface area contributed by atoms with Crippen molar-refractivity contribution in [1.82, 2.24) is 10.0 Å². The van der Waals surface area contributed by atoms with Gasteiger partial charge in [-0.1, -0.05) is 26.0 Å². The molecule has 2 N–H and O–H groups in total. The molecule has 0 bridgehead atoms. The number of nitrogens with one attached hydrogen (secondary N) is 2. The van der Waals surface area contributed by atoms with Crippen LogP contribution >= 0.6 is 11.3 Å². The van der Waals surface area contributed by atoms with Gasteiger partial charge in [-0.3, -0.25) is 4.79 Å². The molecule has 1 aromatic heterocycles. The average Bonchev–Trinajstić information content (AvgIpc) is 3.08. The van der Waals surface area contributed by atoms with E-state index >= 15 is 0 Å². The van der Waals surface area contributed by atoms with E-state index in [9.17, 15) is 13.2 Å². The van der Waals surface area contributed by atoms with E-state index < -0.39 is 10.0 Å². The van der Waals surface area contributed by atoms with E-state index in [0.717, 1.165) is 11.3 Å². The summed E-state index contributed by atoms with van der Waals surface area (Å²) in [4.78, 5) is 13.7. The lowest BCUT2D eigenvalue weighted by atomic mass is 10.0. The maximum atomic E-state index is 12.6. The summed E-state index contributed by atoms with van der Waals surface area (Å²) in [6.07, 6.45) is 0.820. The molecular weight excluding hydrogens is 344 g/mol. The van der Waals surface area contributed by atoms with Gasteiger partial charge in [-0.05, 0) is 49.0 Å². The fourth-order valence-corrected chi connectivity index (χ4v) is 3.94. The number of sulfonamides is 1. The highest BCUT2D eigenvalue weighted by Crippen LogP contribution is 2.26. The van der Waals surface area contributed by atoms with Gasteiger partial charge in [-0.15, -0.1) is 11.3 Å². The molecule has 0 saturated carbocycles. The smallest absolute Gasteiger partial charge is 0.251 e. The Bertz CT molecular complexity index is 784. The topological polar surface area (TPSA) is 75.3 Å². The number of hydrogen-bond donors (Lipinski definition) is 2. The average molecular weight is 367 g/mol. The standard InChI is InChI=1S/C17H22N2O3S2/c1-12(2)10-15(16-8-5-9-23-16)19-17(20)13-6-4-7-14(11-13)24(21,22)18-3/h4-9,11-12,15,18H,10H2,1-3H3,(H,19,20). The quantitative estimate of drug-likeness (QED) is 0.790. The third kappa shape index (κ3) is 4.66. The Morgan fingerprint density at radius 2 is 1.96 bits per heavy atom. The van der Waals surface area contributed by atoms with Crippen LogP contribution in [-0.4, -0.2) is 21.4 Å². The first-order valence-corrected chi connectivity index (χ1v) is 10.1. The van der Waals surface area contributed by atoms with Crippen molar-refractivity contribution in [3.8, 4) is 0 Å². The van der Waals surface area contributed by atoms with Crippen LogP contribution < -0.4 is 10.0 Å². The number of carbonyl (C=O) groups excluding carboxylic acids is 1. The van der Waals surface area contributed by atoms with Crippen LogP contribution in [-0.2, 0) is 10.0 Å². The van der Waals surface area contributed by atoms with E-state index in [1.165, 1.54) is 19.2 Å². The van der Waals surface area contributed by atoms with Gasteiger partial charge in [0, 0.05) is 10.4 Å². The molecular formula is C17H22N2O3S2. The molecule has 0 aliphatic heterocycles.